The molecule has 9 heteroatoms. The van der Waals surface area contributed by atoms with Crippen molar-refractivity contribution < 1.29 is 33.0 Å². The Morgan fingerprint density at radius 2 is 1.89 bits per heavy atom. The summed E-state index contributed by atoms with van der Waals surface area (Å²) in [6.07, 6.45) is 3.64. The lowest BCUT2D eigenvalue weighted by atomic mass is 10.1. The molecule has 0 bridgehead atoms. The molecule has 2 aromatic rings. The van der Waals surface area contributed by atoms with E-state index in [-0.39, 0.29) is 29.9 Å². The quantitative estimate of drug-likeness (QED) is 0.342. The Balaban J connectivity index is 1.47. The zero-order valence-corrected chi connectivity index (χ0v) is 20.1. The molecule has 1 N–H and O–H groups in total. The van der Waals surface area contributed by atoms with Crippen LogP contribution in [0.15, 0.2) is 65.5 Å². The van der Waals surface area contributed by atoms with Crippen LogP contribution in [-0.4, -0.2) is 50.6 Å². The number of ketones is 1. The van der Waals surface area contributed by atoms with Crippen molar-refractivity contribution in [2.45, 2.75) is 25.9 Å². The number of nitrogens with one attached hydrogen (secondary N) is 1. The van der Waals surface area contributed by atoms with Crippen molar-refractivity contribution >= 4 is 29.4 Å². The molecule has 8 nitrogen and oxygen atoms in total. The van der Waals surface area contributed by atoms with Gasteiger partial charge in [0.25, 0.3) is 5.91 Å². The number of halogens is 1. The summed E-state index contributed by atoms with van der Waals surface area (Å²) in [5, 5.41) is 2.80. The number of hydrogen-bond donors (Lipinski definition) is 1. The van der Waals surface area contributed by atoms with Crippen molar-refractivity contribution in [3.05, 3.63) is 76.9 Å². The number of nitrogens with zero attached hydrogens (tertiary/aromatic N) is 1. The third kappa shape index (κ3) is 5.63. The fraction of sp³-hybridized carbons (Fsp3) is 0.296. The maximum atomic E-state index is 13.5. The van der Waals surface area contributed by atoms with Gasteiger partial charge in [-0.05, 0) is 67.8 Å². The average molecular weight is 495 g/mol. The van der Waals surface area contributed by atoms with E-state index in [1.807, 2.05) is 0 Å². The van der Waals surface area contributed by atoms with Gasteiger partial charge in [-0.15, -0.1) is 0 Å². The first-order chi connectivity index (χ1) is 17.4. The van der Waals surface area contributed by atoms with E-state index in [0.717, 1.165) is 19.4 Å². The number of esters is 1. The number of ether oxygens (including phenoxy) is 3. The van der Waals surface area contributed by atoms with E-state index in [1.165, 1.54) is 31.4 Å². The SMILES string of the molecule is COC(=O)C1=C(C)N(c2ccc(F)cc2)/C(=C\c2ccc(OCC(=O)NC[C@H]3CCCO3)cc2)C1=O. The molecule has 36 heavy (non-hydrogen) atoms. The number of anilines is 1. The lowest BCUT2D eigenvalue weighted by Crippen LogP contribution is -2.35. The van der Waals surface area contributed by atoms with Gasteiger partial charge < -0.3 is 24.4 Å². The Kier molecular flexibility index (Phi) is 7.80. The highest BCUT2D eigenvalue weighted by molar-refractivity contribution is 6.30. The Labute approximate surface area is 208 Å². The first-order valence-corrected chi connectivity index (χ1v) is 11.6. The normalized spacial score (nSPS) is 18.6. The molecule has 2 aliphatic heterocycles. The van der Waals surface area contributed by atoms with E-state index in [9.17, 15) is 18.8 Å². The minimum absolute atomic E-state index is 0.0619. The summed E-state index contributed by atoms with van der Waals surface area (Å²) < 4.78 is 29.3. The van der Waals surface area contributed by atoms with Crippen LogP contribution in [0.2, 0.25) is 0 Å². The minimum Gasteiger partial charge on any atom is -0.484 e. The number of Topliss-reactive ketones (excluding diaryl/α,β-unsaturated/α-hetero) is 1. The molecular formula is C27H27FN2O6. The van der Waals surface area contributed by atoms with Gasteiger partial charge in [-0.2, -0.15) is 0 Å². The molecule has 4 rings (SSSR count). The van der Waals surface area contributed by atoms with Gasteiger partial charge in [-0.3, -0.25) is 9.59 Å². The van der Waals surface area contributed by atoms with Crippen molar-refractivity contribution in [1.82, 2.24) is 5.32 Å². The van der Waals surface area contributed by atoms with Crippen molar-refractivity contribution in [3.8, 4) is 5.75 Å². The summed E-state index contributed by atoms with van der Waals surface area (Å²) in [7, 11) is 1.21. The number of methoxy groups -OCH3 is 1. The minimum atomic E-state index is -0.741. The second-order valence-electron chi connectivity index (χ2n) is 8.42. The van der Waals surface area contributed by atoms with Gasteiger partial charge in [0.05, 0.1) is 18.9 Å². The molecule has 0 saturated carbocycles. The molecule has 0 radical (unpaired) electrons. The molecule has 0 unspecified atom stereocenters. The zero-order chi connectivity index (χ0) is 25.7. The summed E-state index contributed by atoms with van der Waals surface area (Å²) in [5.41, 5.74) is 1.73. The number of hydrogen-bond acceptors (Lipinski definition) is 7. The van der Waals surface area contributed by atoms with Crippen LogP contribution in [0, 0.1) is 5.82 Å². The summed E-state index contributed by atoms with van der Waals surface area (Å²) in [6.45, 7) is 2.70. The zero-order valence-electron chi connectivity index (χ0n) is 20.1. The molecule has 2 aromatic carbocycles. The molecule has 188 valence electrons. The van der Waals surface area contributed by atoms with Crippen LogP contribution < -0.4 is 15.0 Å². The summed E-state index contributed by atoms with van der Waals surface area (Å²) in [4.78, 5) is 39.1. The van der Waals surface area contributed by atoms with E-state index < -0.39 is 17.6 Å². The molecule has 2 heterocycles. The number of allylic oxidation sites excluding steroid dienone is 2. The molecule has 0 spiro atoms. The monoisotopic (exact) mass is 494 g/mol. The lowest BCUT2D eigenvalue weighted by molar-refractivity contribution is -0.137. The summed E-state index contributed by atoms with van der Waals surface area (Å²) in [5.74, 6) is -1.40. The van der Waals surface area contributed by atoms with Crippen LogP contribution in [0.25, 0.3) is 6.08 Å². The van der Waals surface area contributed by atoms with Crippen LogP contribution in [0.4, 0.5) is 10.1 Å². The molecule has 0 aliphatic carbocycles. The van der Waals surface area contributed by atoms with Gasteiger partial charge in [0, 0.05) is 24.5 Å². The van der Waals surface area contributed by atoms with Crippen molar-refractivity contribution in [1.29, 1.82) is 0 Å². The topological polar surface area (TPSA) is 94.2 Å². The van der Waals surface area contributed by atoms with Gasteiger partial charge >= 0.3 is 5.97 Å². The largest absolute Gasteiger partial charge is 0.484 e. The van der Waals surface area contributed by atoms with Gasteiger partial charge in [0.2, 0.25) is 5.78 Å². The maximum Gasteiger partial charge on any atom is 0.343 e. The molecule has 0 aromatic heterocycles. The van der Waals surface area contributed by atoms with E-state index in [1.54, 1.807) is 42.2 Å². The Morgan fingerprint density at radius 3 is 2.53 bits per heavy atom. The Hall–Kier alpha value is -3.98. The van der Waals surface area contributed by atoms with Crippen molar-refractivity contribution in [3.63, 3.8) is 0 Å². The molecule has 1 amide bonds. The standard InChI is InChI=1S/C27H27FN2O6/c1-17-25(27(33)34-2)26(32)23(30(17)20-9-7-19(28)8-10-20)14-18-5-11-21(12-6-18)36-16-24(31)29-15-22-4-3-13-35-22/h5-12,14,22H,3-4,13,15-16H2,1-2H3,(H,29,31)/b23-14-/t22-/m1/s1. The number of amides is 1. The number of carbonyl (C=O) groups excluding carboxylic acids is 3. The predicted molar refractivity (Wildman–Crippen MR) is 130 cm³/mol. The second-order valence-corrected chi connectivity index (χ2v) is 8.42. The third-order valence-corrected chi connectivity index (χ3v) is 5.98. The second kappa shape index (κ2) is 11.2. The fourth-order valence-corrected chi connectivity index (χ4v) is 4.13. The molecule has 1 saturated heterocycles. The van der Waals surface area contributed by atoms with Crippen LogP contribution in [0.1, 0.15) is 25.3 Å². The first kappa shape index (κ1) is 25.1. The molecule has 2 aliphatic rings. The van der Waals surface area contributed by atoms with E-state index in [2.05, 4.69) is 5.32 Å². The van der Waals surface area contributed by atoms with E-state index >= 15 is 0 Å². The van der Waals surface area contributed by atoms with Crippen molar-refractivity contribution in [2.75, 3.05) is 31.8 Å². The fourth-order valence-electron chi connectivity index (χ4n) is 4.13. The molecule has 1 atom stereocenters. The molecular weight excluding hydrogens is 467 g/mol. The summed E-state index contributed by atoms with van der Waals surface area (Å²) in [6, 6.07) is 12.4. The van der Waals surface area contributed by atoms with Crippen LogP contribution in [-0.2, 0) is 23.9 Å². The van der Waals surface area contributed by atoms with Crippen LogP contribution in [0.3, 0.4) is 0 Å². The maximum absolute atomic E-state index is 13.5. The smallest absolute Gasteiger partial charge is 0.343 e. The highest BCUT2D eigenvalue weighted by atomic mass is 19.1. The van der Waals surface area contributed by atoms with Crippen LogP contribution in [0.5, 0.6) is 5.75 Å². The average Bonchev–Trinajstić information content (AvgIpc) is 3.49. The highest BCUT2D eigenvalue weighted by Gasteiger charge is 2.38. The van der Waals surface area contributed by atoms with Gasteiger partial charge in [-0.1, -0.05) is 12.1 Å². The molecule has 1 fully saturated rings. The predicted octanol–water partition coefficient (Wildman–Crippen LogP) is 3.38. The summed E-state index contributed by atoms with van der Waals surface area (Å²) >= 11 is 0. The highest BCUT2D eigenvalue weighted by Crippen LogP contribution is 2.35. The Morgan fingerprint density at radius 1 is 1.17 bits per heavy atom. The van der Waals surface area contributed by atoms with Gasteiger partial charge in [0.1, 0.15) is 17.1 Å². The van der Waals surface area contributed by atoms with E-state index in [0.29, 0.717) is 29.2 Å². The lowest BCUT2D eigenvalue weighted by Gasteiger charge is -2.21. The van der Waals surface area contributed by atoms with Crippen molar-refractivity contribution in [2.24, 2.45) is 0 Å². The van der Waals surface area contributed by atoms with Gasteiger partial charge in [0.15, 0.2) is 6.61 Å². The Bertz CT molecular complexity index is 1200. The number of rotatable bonds is 8. The number of benzene rings is 2. The van der Waals surface area contributed by atoms with E-state index in [4.69, 9.17) is 14.2 Å². The third-order valence-electron chi connectivity index (χ3n) is 5.98. The van der Waals surface area contributed by atoms with Crippen LogP contribution >= 0.6 is 0 Å². The number of carbonyl (C=O) groups is 3. The van der Waals surface area contributed by atoms with Gasteiger partial charge in [-0.25, -0.2) is 9.18 Å². The first-order valence-electron chi connectivity index (χ1n) is 11.6.